The van der Waals surface area contributed by atoms with Crippen molar-refractivity contribution in [1.29, 1.82) is 0 Å². The summed E-state index contributed by atoms with van der Waals surface area (Å²) in [5.41, 5.74) is 5.75. The molecule has 0 radical (unpaired) electrons. The third-order valence-electron chi connectivity index (χ3n) is 3.19. The molecule has 0 saturated carbocycles. The minimum absolute atomic E-state index is 0.615. The second-order valence-electron chi connectivity index (χ2n) is 4.62. The Bertz CT molecular complexity index is 569. The van der Waals surface area contributed by atoms with E-state index in [0.29, 0.717) is 17.4 Å². The number of anilines is 2. The first-order chi connectivity index (χ1) is 9.63. The summed E-state index contributed by atoms with van der Waals surface area (Å²) in [5, 5.41) is 0.648. The maximum atomic E-state index is 6.21. The number of hydrogen-bond acceptors (Lipinski definition) is 4. The van der Waals surface area contributed by atoms with Crippen LogP contribution in [0.3, 0.4) is 0 Å². The first kappa shape index (κ1) is 14.6. The molecule has 0 bridgehead atoms. The number of halogens is 1. The van der Waals surface area contributed by atoms with Crippen molar-refractivity contribution in [1.82, 2.24) is 4.98 Å². The average molecular weight is 291 g/mol. The van der Waals surface area contributed by atoms with Crippen molar-refractivity contribution in [3.63, 3.8) is 0 Å². The van der Waals surface area contributed by atoms with Gasteiger partial charge in [-0.2, -0.15) is 0 Å². The standard InChI is InChI=1S/C15H19ClN4/c1-3-20(12-6-4-11(2)5-7-12)10-14-13(16)8-9-15(18-14)19-17/h4-9H,3,10,17H2,1-2H3,(H,18,19). The molecule has 0 amide bonds. The fraction of sp³-hybridized carbons (Fsp3) is 0.267. The fourth-order valence-electron chi connectivity index (χ4n) is 2.00. The lowest BCUT2D eigenvalue weighted by atomic mass is 10.2. The molecule has 0 aliphatic rings. The lowest BCUT2D eigenvalue weighted by molar-refractivity contribution is 0.810. The summed E-state index contributed by atoms with van der Waals surface area (Å²) in [4.78, 5) is 6.63. The van der Waals surface area contributed by atoms with Gasteiger partial charge in [0.05, 0.1) is 17.3 Å². The number of nitrogens with zero attached hydrogens (tertiary/aromatic N) is 2. The molecule has 1 aromatic heterocycles. The molecule has 1 aromatic carbocycles. The van der Waals surface area contributed by atoms with E-state index in [-0.39, 0.29) is 0 Å². The van der Waals surface area contributed by atoms with Crippen LogP contribution in [0, 0.1) is 6.92 Å². The average Bonchev–Trinajstić information content (AvgIpc) is 2.47. The first-order valence-electron chi connectivity index (χ1n) is 6.57. The second-order valence-corrected chi connectivity index (χ2v) is 5.03. The summed E-state index contributed by atoms with van der Waals surface area (Å²) in [6, 6.07) is 12.0. The minimum Gasteiger partial charge on any atom is -0.366 e. The van der Waals surface area contributed by atoms with Gasteiger partial charge in [-0.3, -0.25) is 0 Å². The SMILES string of the molecule is CCN(Cc1nc(NN)ccc1Cl)c1ccc(C)cc1. The molecule has 4 nitrogen and oxygen atoms in total. The molecule has 0 unspecified atom stereocenters. The van der Waals surface area contributed by atoms with Crippen LogP contribution in [0.1, 0.15) is 18.2 Å². The Morgan fingerprint density at radius 2 is 1.90 bits per heavy atom. The summed E-state index contributed by atoms with van der Waals surface area (Å²) < 4.78 is 0. The highest BCUT2D eigenvalue weighted by Gasteiger charge is 2.10. The van der Waals surface area contributed by atoms with Crippen LogP contribution in [-0.2, 0) is 6.54 Å². The van der Waals surface area contributed by atoms with E-state index in [2.05, 4.69) is 53.4 Å². The molecule has 0 aliphatic heterocycles. The van der Waals surface area contributed by atoms with Crippen molar-refractivity contribution in [3.8, 4) is 0 Å². The van der Waals surface area contributed by atoms with Crippen molar-refractivity contribution in [2.45, 2.75) is 20.4 Å². The van der Waals surface area contributed by atoms with Gasteiger partial charge in [-0.1, -0.05) is 29.3 Å². The maximum Gasteiger partial charge on any atom is 0.140 e. The minimum atomic E-state index is 0.615. The molecule has 1 heterocycles. The summed E-state index contributed by atoms with van der Waals surface area (Å²) in [7, 11) is 0. The fourth-order valence-corrected chi connectivity index (χ4v) is 2.16. The van der Waals surface area contributed by atoms with Crippen LogP contribution in [0.2, 0.25) is 5.02 Å². The van der Waals surface area contributed by atoms with Gasteiger partial charge in [0.2, 0.25) is 0 Å². The van der Waals surface area contributed by atoms with Gasteiger partial charge in [-0.25, -0.2) is 10.8 Å². The molecule has 5 heteroatoms. The molecule has 2 rings (SSSR count). The van der Waals surface area contributed by atoms with Crippen LogP contribution < -0.4 is 16.2 Å². The lowest BCUT2D eigenvalue weighted by Gasteiger charge is -2.23. The summed E-state index contributed by atoms with van der Waals surface area (Å²) in [6.45, 7) is 5.71. The number of benzene rings is 1. The van der Waals surface area contributed by atoms with E-state index in [9.17, 15) is 0 Å². The van der Waals surface area contributed by atoms with Gasteiger partial charge in [0.25, 0.3) is 0 Å². The highest BCUT2D eigenvalue weighted by molar-refractivity contribution is 6.31. The Balaban J connectivity index is 2.23. The Labute approximate surface area is 124 Å². The number of rotatable bonds is 5. The Hall–Kier alpha value is -1.78. The number of aromatic nitrogens is 1. The van der Waals surface area contributed by atoms with Crippen molar-refractivity contribution in [3.05, 3.63) is 52.7 Å². The normalized spacial score (nSPS) is 10.4. The van der Waals surface area contributed by atoms with Crippen molar-refractivity contribution in [2.24, 2.45) is 5.84 Å². The van der Waals surface area contributed by atoms with E-state index < -0.39 is 0 Å². The molecule has 0 aliphatic carbocycles. The van der Waals surface area contributed by atoms with Crippen LogP contribution in [0.5, 0.6) is 0 Å². The predicted molar refractivity (Wildman–Crippen MR) is 85.0 cm³/mol. The van der Waals surface area contributed by atoms with Crippen molar-refractivity contribution >= 4 is 23.1 Å². The van der Waals surface area contributed by atoms with E-state index in [4.69, 9.17) is 17.4 Å². The van der Waals surface area contributed by atoms with Crippen LogP contribution in [0.4, 0.5) is 11.5 Å². The summed E-state index contributed by atoms with van der Waals surface area (Å²) in [6.07, 6.45) is 0. The van der Waals surface area contributed by atoms with Crippen molar-refractivity contribution < 1.29 is 0 Å². The number of nitrogen functional groups attached to an aromatic ring is 1. The van der Waals surface area contributed by atoms with Gasteiger partial charge in [0, 0.05) is 12.2 Å². The Morgan fingerprint density at radius 3 is 2.50 bits per heavy atom. The Kier molecular flexibility index (Phi) is 4.82. The number of hydrazine groups is 1. The third kappa shape index (κ3) is 3.40. The molecule has 20 heavy (non-hydrogen) atoms. The van der Waals surface area contributed by atoms with E-state index >= 15 is 0 Å². The first-order valence-corrected chi connectivity index (χ1v) is 6.95. The number of nitrogens with one attached hydrogen (secondary N) is 1. The van der Waals surface area contributed by atoms with E-state index in [1.165, 1.54) is 5.56 Å². The monoisotopic (exact) mass is 290 g/mol. The van der Waals surface area contributed by atoms with E-state index in [0.717, 1.165) is 17.9 Å². The molecule has 2 aromatic rings. The number of aryl methyl sites for hydroxylation is 1. The van der Waals surface area contributed by atoms with Crippen molar-refractivity contribution in [2.75, 3.05) is 16.9 Å². The van der Waals surface area contributed by atoms with E-state index in [1.54, 1.807) is 6.07 Å². The molecule has 0 atom stereocenters. The predicted octanol–water partition coefficient (Wildman–Crippen LogP) is 3.36. The topological polar surface area (TPSA) is 54.2 Å². The zero-order chi connectivity index (χ0) is 14.5. The molecular weight excluding hydrogens is 272 g/mol. The molecule has 0 spiro atoms. The highest BCUT2D eigenvalue weighted by atomic mass is 35.5. The maximum absolute atomic E-state index is 6.21. The van der Waals surface area contributed by atoms with Gasteiger partial charge in [-0.05, 0) is 38.1 Å². The van der Waals surface area contributed by atoms with Gasteiger partial charge in [-0.15, -0.1) is 0 Å². The zero-order valence-corrected chi connectivity index (χ0v) is 12.5. The van der Waals surface area contributed by atoms with Crippen LogP contribution in [-0.4, -0.2) is 11.5 Å². The molecular formula is C15H19ClN4. The van der Waals surface area contributed by atoms with Crippen LogP contribution in [0.15, 0.2) is 36.4 Å². The second kappa shape index (κ2) is 6.59. The summed E-state index contributed by atoms with van der Waals surface area (Å²) in [5.74, 6) is 6.01. The van der Waals surface area contributed by atoms with Gasteiger partial charge in [0.1, 0.15) is 5.82 Å². The quantitative estimate of drug-likeness (QED) is 0.655. The van der Waals surface area contributed by atoms with Gasteiger partial charge in [0.15, 0.2) is 0 Å². The smallest absolute Gasteiger partial charge is 0.140 e. The van der Waals surface area contributed by atoms with Gasteiger partial charge < -0.3 is 10.3 Å². The highest BCUT2D eigenvalue weighted by Crippen LogP contribution is 2.22. The molecule has 106 valence electrons. The molecule has 3 N–H and O–H groups in total. The number of nitrogens with two attached hydrogens (primary N) is 1. The number of hydrogen-bond donors (Lipinski definition) is 2. The largest absolute Gasteiger partial charge is 0.366 e. The Morgan fingerprint density at radius 1 is 1.20 bits per heavy atom. The number of pyridine rings is 1. The van der Waals surface area contributed by atoms with Crippen LogP contribution in [0.25, 0.3) is 0 Å². The van der Waals surface area contributed by atoms with Gasteiger partial charge >= 0.3 is 0 Å². The third-order valence-corrected chi connectivity index (χ3v) is 3.53. The van der Waals surface area contributed by atoms with E-state index in [1.807, 2.05) is 6.07 Å². The molecule has 0 saturated heterocycles. The molecule has 0 fully saturated rings. The summed E-state index contributed by atoms with van der Waals surface area (Å²) >= 11 is 6.21. The zero-order valence-electron chi connectivity index (χ0n) is 11.7. The lowest BCUT2D eigenvalue weighted by Crippen LogP contribution is -2.23. The van der Waals surface area contributed by atoms with Crippen LogP contribution >= 0.6 is 11.6 Å².